The molecule has 0 aliphatic heterocycles. The Morgan fingerprint density at radius 3 is 2.52 bits per heavy atom. The molecule has 0 unspecified atom stereocenters. The van der Waals surface area contributed by atoms with Crippen molar-refractivity contribution < 1.29 is 9.53 Å². The smallest absolute Gasteiger partial charge is 0.229 e. The number of thiazole rings is 1. The fraction of sp³-hybridized carbons (Fsp3) is 0.391. The lowest BCUT2D eigenvalue weighted by Gasteiger charge is -2.24. The van der Waals surface area contributed by atoms with Crippen molar-refractivity contribution in [2.24, 2.45) is 0 Å². The lowest BCUT2D eigenvalue weighted by molar-refractivity contribution is -0.118. The third-order valence-electron chi connectivity index (χ3n) is 5.12. The van der Waals surface area contributed by atoms with E-state index in [2.05, 4.69) is 30.9 Å². The molecule has 0 saturated heterocycles. The first-order valence-corrected chi connectivity index (χ1v) is 11.0. The molecule has 2 aromatic carbocycles. The van der Waals surface area contributed by atoms with E-state index in [1.165, 1.54) is 5.56 Å². The first-order chi connectivity index (χ1) is 14.1. The summed E-state index contributed by atoms with van der Waals surface area (Å²) in [5, 5.41) is 0.762. The number of aromatic nitrogens is 1. The summed E-state index contributed by atoms with van der Waals surface area (Å²) in [5.74, 6) is 0.895. The van der Waals surface area contributed by atoms with E-state index in [0.29, 0.717) is 13.0 Å². The molecule has 3 rings (SSSR count). The normalized spacial score (nSPS) is 11.2. The lowest BCUT2D eigenvalue weighted by Crippen LogP contribution is -2.39. The van der Waals surface area contributed by atoms with Crippen molar-refractivity contribution in [3.05, 3.63) is 54.1 Å². The summed E-state index contributed by atoms with van der Waals surface area (Å²) in [7, 11) is 1.65. The van der Waals surface area contributed by atoms with Crippen molar-refractivity contribution in [3.63, 3.8) is 0 Å². The van der Waals surface area contributed by atoms with E-state index in [0.717, 1.165) is 47.2 Å². The van der Waals surface area contributed by atoms with Crippen LogP contribution in [0, 0.1) is 0 Å². The minimum Gasteiger partial charge on any atom is -0.497 e. The largest absolute Gasteiger partial charge is 0.497 e. The molecule has 0 radical (unpaired) electrons. The van der Waals surface area contributed by atoms with E-state index in [1.54, 1.807) is 18.4 Å². The van der Waals surface area contributed by atoms with Crippen LogP contribution < -0.4 is 9.64 Å². The highest BCUT2D eigenvalue weighted by molar-refractivity contribution is 7.22. The summed E-state index contributed by atoms with van der Waals surface area (Å²) >= 11 is 1.56. The number of benzene rings is 2. The summed E-state index contributed by atoms with van der Waals surface area (Å²) < 4.78 is 6.37. The highest BCUT2D eigenvalue weighted by Crippen LogP contribution is 2.31. The Kier molecular flexibility index (Phi) is 7.61. The highest BCUT2D eigenvalue weighted by Gasteiger charge is 2.20. The number of rotatable bonds is 10. The van der Waals surface area contributed by atoms with Gasteiger partial charge in [-0.15, -0.1) is 0 Å². The number of nitrogens with zero attached hydrogens (tertiary/aromatic N) is 3. The van der Waals surface area contributed by atoms with Crippen molar-refractivity contribution in [2.75, 3.05) is 38.2 Å². The third kappa shape index (κ3) is 5.55. The molecular weight excluding hydrogens is 382 g/mol. The van der Waals surface area contributed by atoms with Crippen LogP contribution in [0.25, 0.3) is 10.2 Å². The molecule has 29 heavy (non-hydrogen) atoms. The molecule has 0 atom stereocenters. The minimum absolute atomic E-state index is 0.118. The first kappa shape index (κ1) is 21.3. The molecule has 6 heteroatoms. The van der Waals surface area contributed by atoms with Crippen molar-refractivity contribution in [2.45, 2.75) is 26.7 Å². The number of methoxy groups -OCH3 is 1. The summed E-state index contributed by atoms with van der Waals surface area (Å²) in [4.78, 5) is 22.1. The SMILES string of the molecule is CCN(CC)CCN(C(=O)CCc1ccccc1)c1nc2cc(OC)ccc2s1. The average molecular weight is 412 g/mol. The molecule has 0 fully saturated rings. The number of anilines is 1. The van der Waals surface area contributed by atoms with E-state index >= 15 is 0 Å². The van der Waals surface area contributed by atoms with Crippen LogP contribution in [-0.4, -0.2) is 49.1 Å². The molecule has 0 aliphatic rings. The number of amides is 1. The predicted molar refractivity (Wildman–Crippen MR) is 121 cm³/mol. The van der Waals surface area contributed by atoms with Gasteiger partial charge in [-0.3, -0.25) is 9.69 Å². The van der Waals surface area contributed by atoms with Crippen LogP contribution in [0.15, 0.2) is 48.5 Å². The number of likely N-dealkylation sites (N-methyl/N-ethyl adjacent to an activating group) is 1. The van der Waals surface area contributed by atoms with E-state index < -0.39 is 0 Å². The molecule has 0 saturated carbocycles. The van der Waals surface area contributed by atoms with E-state index in [9.17, 15) is 4.79 Å². The Morgan fingerprint density at radius 1 is 1.07 bits per heavy atom. The molecule has 0 spiro atoms. The maximum atomic E-state index is 13.2. The number of ether oxygens (including phenoxy) is 1. The highest BCUT2D eigenvalue weighted by atomic mass is 32.1. The number of aryl methyl sites for hydroxylation is 1. The zero-order chi connectivity index (χ0) is 20.6. The van der Waals surface area contributed by atoms with Gasteiger partial charge in [0.15, 0.2) is 5.13 Å². The monoisotopic (exact) mass is 411 g/mol. The molecule has 0 aliphatic carbocycles. The number of hydrogen-bond donors (Lipinski definition) is 0. The van der Waals surface area contributed by atoms with Gasteiger partial charge in [-0.2, -0.15) is 0 Å². The zero-order valence-corrected chi connectivity index (χ0v) is 18.2. The maximum Gasteiger partial charge on any atom is 0.229 e. The Balaban J connectivity index is 1.80. The molecular formula is C23H29N3O2S. The summed E-state index contributed by atoms with van der Waals surface area (Å²) in [5.41, 5.74) is 2.05. The Morgan fingerprint density at radius 2 is 1.83 bits per heavy atom. The minimum atomic E-state index is 0.118. The molecule has 154 valence electrons. The molecule has 0 bridgehead atoms. The van der Waals surface area contributed by atoms with Gasteiger partial charge in [-0.25, -0.2) is 4.98 Å². The molecule has 1 amide bonds. The van der Waals surface area contributed by atoms with Crippen LogP contribution in [0.4, 0.5) is 5.13 Å². The van der Waals surface area contributed by atoms with Crippen molar-refractivity contribution in [1.29, 1.82) is 0 Å². The molecule has 0 N–H and O–H groups in total. The second kappa shape index (κ2) is 10.4. The van der Waals surface area contributed by atoms with E-state index in [-0.39, 0.29) is 5.91 Å². The predicted octanol–water partition coefficient (Wildman–Crippen LogP) is 4.61. The quantitative estimate of drug-likeness (QED) is 0.489. The lowest BCUT2D eigenvalue weighted by atomic mass is 10.1. The van der Waals surface area contributed by atoms with Crippen LogP contribution in [0.5, 0.6) is 5.75 Å². The van der Waals surface area contributed by atoms with E-state index in [1.807, 2.05) is 41.3 Å². The van der Waals surface area contributed by atoms with Gasteiger partial charge in [0.2, 0.25) is 5.91 Å². The zero-order valence-electron chi connectivity index (χ0n) is 17.4. The van der Waals surface area contributed by atoms with Gasteiger partial charge in [0.1, 0.15) is 5.75 Å². The summed E-state index contributed by atoms with van der Waals surface area (Å²) in [6.45, 7) is 7.72. The van der Waals surface area contributed by atoms with Crippen LogP contribution >= 0.6 is 11.3 Å². The average Bonchev–Trinajstić information content (AvgIpc) is 3.18. The van der Waals surface area contributed by atoms with Crippen LogP contribution in [0.3, 0.4) is 0 Å². The maximum absolute atomic E-state index is 13.2. The topological polar surface area (TPSA) is 45.7 Å². The second-order valence-electron chi connectivity index (χ2n) is 6.89. The van der Waals surface area contributed by atoms with Crippen molar-refractivity contribution in [1.82, 2.24) is 9.88 Å². The fourth-order valence-electron chi connectivity index (χ4n) is 3.28. The van der Waals surface area contributed by atoms with Gasteiger partial charge >= 0.3 is 0 Å². The van der Waals surface area contributed by atoms with Gasteiger partial charge in [0.25, 0.3) is 0 Å². The van der Waals surface area contributed by atoms with Crippen LogP contribution in [0.1, 0.15) is 25.8 Å². The number of carbonyl (C=O) groups excluding carboxylic acids is 1. The van der Waals surface area contributed by atoms with Gasteiger partial charge in [-0.1, -0.05) is 55.5 Å². The van der Waals surface area contributed by atoms with Gasteiger partial charge < -0.3 is 9.64 Å². The third-order valence-corrected chi connectivity index (χ3v) is 6.18. The number of fused-ring (bicyclic) bond motifs is 1. The standard InChI is InChI=1S/C23H29N3O2S/c1-4-25(5-2)15-16-26(22(27)14-11-18-9-7-6-8-10-18)23-24-20-17-19(28-3)12-13-21(20)29-23/h6-10,12-13,17H,4-5,11,14-16H2,1-3H3. The van der Waals surface area contributed by atoms with Gasteiger partial charge in [0.05, 0.1) is 17.3 Å². The molecule has 1 aromatic heterocycles. The van der Waals surface area contributed by atoms with Crippen LogP contribution in [-0.2, 0) is 11.2 Å². The van der Waals surface area contributed by atoms with Crippen molar-refractivity contribution >= 4 is 32.6 Å². The van der Waals surface area contributed by atoms with Crippen molar-refractivity contribution in [3.8, 4) is 5.75 Å². The molecule has 1 heterocycles. The molecule has 5 nitrogen and oxygen atoms in total. The van der Waals surface area contributed by atoms with Gasteiger partial charge in [-0.05, 0) is 37.2 Å². The fourth-order valence-corrected chi connectivity index (χ4v) is 4.27. The molecule has 3 aromatic rings. The second-order valence-corrected chi connectivity index (χ2v) is 7.90. The summed E-state index contributed by atoms with van der Waals surface area (Å²) in [6.07, 6.45) is 1.21. The Bertz CT molecular complexity index is 922. The number of hydrogen-bond acceptors (Lipinski definition) is 5. The van der Waals surface area contributed by atoms with Gasteiger partial charge in [0, 0.05) is 25.6 Å². The van der Waals surface area contributed by atoms with E-state index in [4.69, 9.17) is 9.72 Å². The first-order valence-electron chi connectivity index (χ1n) is 10.2. The Labute approximate surface area is 176 Å². The van der Waals surface area contributed by atoms with Crippen LogP contribution in [0.2, 0.25) is 0 Å². The summed E-state index contributed by atoms with van der Waals surface area (Å²) in [6, 6.07) is 16.0. The Hall–Kier alpha value is -2.44. The number of carbonyl (C=O) groups is 1.